The molecule has 1 atom stereocenters. The number of likely N-dealkylation sites (N-methyl/N-ethyl adjacent to an activating group) is 1. The Balaban J connectivity index is 1.69. The summed E-state index contributed by atoms with van der Waals surface area (Å²) in [7, 11) is 1.98. The minimum atomic E-state index is -4.48. The molecular formula is C24H34F3N5O. The molecule has 4 rings (SSSR count). The van der Waals surface area contributed by atoms with E-state index in [1.54, 1.807) is 0 Å². The fraction of sp³-hybridized carbons (Fsp3) is 0.625. The molecule has 0 amide bonds. The first kappa shape index (κ1) is 23.9. The van der Waals surface area contributed by atoms with Crippen LogP contribution in [-0.4, -0.2) is 42.4 Å². The van der Waals surface area contributed by atoms with Gasteiger partial charge in [0.1, 0.15) is 5.66 Å². The van der Waals surface area contributed by atoms with Crippen LogP contribution in [0.1, 0.15) is 56.6 Å². The van der Waals surface area contributed by atoms with E-state index < -0.39 is 17.4 Å². The lowest BCUT2D eigenvalue weighted by atomic mass is 9.85. The summed E-state index contributed by atoms with van der Waals surface area (Å²) >= 11 is 0. The second-order valence-corrected chi connectivity index (χ2v) is 9.79. The molecule has 2 fully saturated rings. The number of alkyl halides is 3. The first-order valence-corrected chi connectivity index (χ1v) is 11.7. The average molecular weight is 466 g/mol. The lowest BCUT2D eigenvalue weighted by Crippen LogP contribution is -2.60. The molecule has 0 bridgehead atoms. The van der Waals surface area contributed by atoms with Crippen LogP contribution in [0.3, 0.4) is 0 Å². The van der Waals surface area contributed by atoms with E-state index >= 15 is 0 Å². The maximum Gasteiger partial charge on any atom is 0.417 e. The second-order valence-electron chi connectivity index (χ2n) is 9.79. The number of nitrogens with two attached hydrogens (primary N) is 2. The SMILES string of the molecule is CCOCC1(CN(C)C2=C(N)C(N)(C3CC3)NC(c3cncc(C(F)(F)F)c3)=C2)CCCC1. The Kier molecular flexibility index (Phi) is 6.39. The van der Waals surface area contributed by atoms with Crippen LogP contribution in [0, 0.1) is 11.3 Å². The number of nitrogens with zero attached hydrogens (tertiary/aromatic N) is 2. The van der Waals surface area contributed by atoms with Gasteiger partial charge in [-0.3, -0.25) is 4.98 Å². The van der Waals surface area contributed by atoms with Gasteiger partial charge in [0.2, 0.25) is 0 Å². The molecule has 5 N–H and O–H groups in total. The summed E-state index contributed by atoms with van der Waals surface area (Å²) in [4.78, 5) is 5.94. The van der Waals surface area contributed by atoms with Gasteiger partial charge in [0.15, 0.2) is 0 Å². The molecule has 9 heteroatoms. The molecule has 1 unspecified atom stereocenters. The van der Waals surface area contributed by atoms with Crippen LogP contribution >= 0.6 is 0 Å². The summed E-state index contributed by atoms with van der Waals surface area (Å²) < 4.78 is 45.7. The number of aromatic nitrogens is 1. The van der Waals surface area contributed by atoms with Crippen LogP contribution in [0.2, 0.25) is 0 Å². The Labute approximate surface area is 193 Å². The number of rotatable bonds is 8. The van der Waals surface area contributed by atoms with Gasteiger partial charge in [-0.05, 0) is 44.7 Å². The van der Waals surface area contributed by atoms with Crippen LogP contribution in [0.5, 0.6) is 0 Å². The molecule has 0 aromatic carbocycles. The maximum absolute atomic E-state index is 13.3. The van der Waals surface area contributed by atoms with Gasteiger partial charge in [0.25, 0.3) is 0 Å². The van der Waals surface area contributed by atoms with Gasteiger partial charge in [-0.25, -0.2) is 0 Å². The average Bonchev–Trinajstić information content (AvgIpc) is 3.54. The number of allylic oxidation sites excluding steroid dienone is 1. The van der Waals surface area contributed by atoms with E-state index in [1.807, 2.05) is 20.0 Å². The van der Waals surface area contributed by atoms with E-state index in [1.165, 1.54) is 6.20 Å². The molecule has 1 aromatic rings. The topological polar surface area (TPSA) is 89.4 Å². The van der Waals surface area contributed by atoms with E-state index in [-0.39, 0.29) is 11.3 Å². The highest BCUT2D eigenvalue weighted by atomic mass is 19.4. The first-order chi connectivity index (χ1) is 15.6. The van der Waals surface area contributed by atoms with Crippen molar-refractivity contribution in [2.24, 2.45) is 22.8 Å². The van der Waals surface area contributed by atoms with Gasteiger partial charge in [-0.2, -0.15) is 13.2 Å². The smallest absolute Gasteiger partial charge is 0.397 e. The zero-order valence-corrected chi connectivity index (χ0v) is 19.3. The number of halogens is 3. The number of nitrogens with one attached hydrogen (secondary N) is 1. The van der Waals surface area contributed by atoms with Crippen LogP contribution in [0.4, 0.5) is 13.2 Å². The summed E-state index contributed by atoms with van der Waals surface area (Å²) in [6.07, 6.45) is 5.91. The van der Waals surface area contributed by atoms with Gasteiger partial charge in [-0.15, -0.1) is 0 Å². The highest BCUT2D eigenvalue weighted by Gasteiger charge is 2.48. The van der Waals surface area contributed by atoms with Crippen molar-refractivity contribution in [1.82, 2.24) is 15.2 Å². The van der Waals surface area contributed by atoms with Crippen molar-refractivity contribution >= 4 is 5.70 Å². The number of hydrogen-bond donors (Lipinski definition) is 3. The molecule has 3 aliphatic rings. The highest BCUT2D eigenvalue weighted by molar-refractivity contribution is 5.70. The Morgan fingerprint density at radius 3 is 2.55 bits per heavy atom. The fourth-order valence-corrected chi connectivity index (χ4v) is 5.21. The molecule has 2 heterocycles. The predicted octanol–water partition coefficient (Wildman–Crippen LogP) is 3.81. The van der Waals surface area contributed by atoms with Crippen LogP contribution in [-0.2, 0) is 10.9 Å². The molecule has 0 saturated heterocycles. The van der Waals surface area contributed by atoms with Crippen molar-refractivity contribution in [2.45, 2.75) is 57.3 Å². The van der Waals surface area contributed by atoms with Gasteiger partial charge in [0, 0.05) is 55.2 Å². The minimum absolute atomic E-state index is 0.0332. The van der Waals surface area contributed by atoms with E-state index in [9.17, 15) is 13.2 Å². The largest absolute Gasteiger partial charge is 0.417 e. The molecule has 1 aromatic heterocycles. The second kappa shape index (κ2) is 8.83. The molecule has 2 aliphatic carbocycles. The standard InChI is InChI=1S/C24H34F3N5O/c1-3-33-15-22(8-4-5-9-22)14-32(2)20-11-19(31-23(29,21(20)28)17-6-7-17)16-10-18(13-30-12-16)24(25,26)27/h10-13,17,31H,3-9,14-15,28-29H2,1-2H3. The van der Waals surface area contributed by atoms with Gasteiger partial charge < -0.3 is 26.4 Å². The predicted molar refractivity (Wildman–Crippen MR) is 121 cm³/mol. The first-order valence-electron chi connectivity index (χ1n) is 11.7. The molecule has 33 heavy (non-hydrogen) atoms. The van der Waals surface area contributed by atoms with Gasteiger partial charge >= 0.3 is 6.18 Å². The normalized spacial score (nSPS) is 25.1. The van der Waals surface area contributed by atoms with E-state index in [2.05, 4.69) is 15.2 Å². The lowest BCUT2D eigenvalue weighted by molar-refractivity contribution is -0.137. The van der Waals surface area contributed by atoms with Crippen molar-refractivity contribution < 1.29 is 17.9 Å². The summed E-state index contributed by atoms with van der Waals surface area (Å²) in [6, 6.07) is 1.10. The van der Waals surface area contributed by atoms with Crippen LogP contribution in [0.25, 0.3) is 5.70 Å². The number of ether oxygens (including phenoxy) is 1. The summed E-state index contributed by atoms with van der Waals surface area (Å²) in [6.45, 7) is 4.09. The van der Waals surface area contributed by atoms with Crippen molar-refractivity contribution in [3.05, 3.63) is 47.1 Å². The van der Waals surface area contributed by atoms with Crippen molar-refractivity contribution in [3.63, 3.8) is 0 Å². The van der Waals surface area contributed by atoms with Gasteiger partial charge in [0.05, 0.1) is 23.6 Å². The third-order valence-corrected chi connectivity index (χ3v) is 7.20. The van der Waals surface area contributed by atoms with Crippen molar-refractivity contribution in [1.29, 1.82) is 0 Å². The third-order valence-electron chi connectivity index (χ3n) is 7.20. The zero-order chi connectivity index (χ0) is 23.9. The van der Waals surface area contributed by atoms with Crippen LogP contribution in [0.15, 0.2) is 35.9 Å². The molecular weight excluding hydrogens is 431 g/mol. The molecule has 0 radical (unpaired) electrons. The quantitative estimate of drug-likeness (QED) is 0.541. The summed E-state index contributed by atoms with van der Waals surface area (Å²) in [5.74, 6) is 0.132. The Bertz CT molecular complexity index is 934. The molecule has 1 aliphatic heterocycles. The molecule has 182 valence electrons. The zero-order valence-electron chi connectivity index (χ0n) is 19.3. The maximum atomic E-state index is 13.3. The van der Waals surface area contributed by atoms with Crippen molar-refractivity contribution in [2.75, 3.05) is 26.8 Å². The number of hydrogen-bond acceptors (Lipinski definition) is 6. The third kappa shape index (κ3) is 4.84. The number of pyridine rings is 1. The van der Waals surface area contributed by atoms with E-state index in [0.29, 0.717) is 30.2 Å². The summed E-state index contributed by atoms with van der Waals surface area (Å²) in [5, 5.41) is 3.26. The summed E-state index contributed by atoms with van der Waals surface area (Å²) in [5.41, 5.74) is 13.8. The Hall–Kier alpha value is -2.26. The molecule has 6 nitrogen and oxygen atoms in total. The molecule has 0 spiro atoms. The monoisotopic (exact) mass is 465 g/mol. The minimum Gasteiger partial charge on any atom is -0.397 e. The Morgan fingerprint density at radius 2 is 1.94 bits per heavy atom. The van der Waals surface area contributed by atoms with E-state index in [4.69, 9.17) is 16.2 Å². The molecule has 2 saturated carbocycles. The van der Waals surface area contributed by atoms with Crippen molar-refractivity contribution in [3.8, 4) is 0 Å². The van der Waals surface area contributed by atoms with E-state index in [0.717, 1.165) is 63.0 Å². The van der Waals surface area contributed by atoms with Crippen LogP contribution < -0.4 is 16.8 Å². The fourth-order valence-electron chi connectivity index (χ4n) is 5.21. The highest BCUT2D eigenvalue weighted by Crippen LogP contribution is 2.45. The number of dihydropyridines is 1. The Morgan fingerprint density at radius 1 is 1.24 bits per heavy atom. The van der Waals surface area contributed by atoms with Gasteiger partial charge in [-0.1, -0.05) is 12.8 Å². The lowest BCUT2D eigenvalue weighted by Gasteiger charge is -2.42.